The molecule has 3 rings (SSSR count). The minimum atomic E-state index is -0.270. The van der Waals surface area contributed by atoms with Gasteiger partial charge in [0.25, 0.3) is 0 Å². The van der Waals surface area contributed by atoms with Gasteiger partial charge >= 0.3 is 0 Å². The van der Waals surface area contributed by atoms with E-state index in [-0.39, 0.29) is 24.3 Å². The fourth-order valence-electron chi connectivity index (χ4n) is 2.74. The minimum absolute atomic E-state index is 0. The molecule has 0 saturated heterocycles. The van der Waals surface area contributed by atoms with Gasteiger partial charge < -0.3 is 20.7 Å². The molecule has 20 heavy (non-hydrogen) atoms. The van der Waals surface area contributed by atoms with Crippen molar-refractivity contribution in [3.8, 4) is 5.75 Å². The first-order chi connectivity index (χ1) is 9.29. The Morgan fingerprint density at radius 1 is 1.45 bits per heavy atom. The predicted molar refractivity (Wildman–Crippen MR) is 78.2 cm³/mol. The normalized spacial score (nSPS) is 20.4. The number of hydrogen-bond acceptors (Lipinski definition) is 4. The van der Waals surface area contributed by atoms with Crippen LogP contribution in [0.4, 0.5) is 4.39 Å². The summed E-state index contributed by atoms with van der Waals surface area (Å²) in [5.41, 5.74) is 7.77. The highest BCUT2D eigenvalue weighted by Gasteiger charge is 2.29. The van der Waals surface area contributed by atoms with Gasteiger partial charge in [0.05, 0.1) is 12.7 Å². The predicted octanol–water partition coefficient (Wildman–Crippen LogP) is 1.60. The maximum Gasteiger partial charge on any atom is 0.165 e. The van der Waals surface area contributed by atoms with E-state index in [1.165, 1.54) is 11.8 Å². The number of nitrogens with zero attached hydrogens (tertiary/aromatic N) is 1. The van der Waals surface area contributed by atoms with Crippen molar-refractivity contribution >= 4 is 12.4 Å². The number of nitrogens with two attached hydrogens (primary N) is 1. The molecule has 0 radical (unpaired) electrons. The average molecular weight is 300 g/mol. The van der Waals surface area contributed by atoms with Crippen LogP contribution in [0.25, 0.3) is 0 Å². The van der Waals surface area contributed by atoms with E-state index in [1.54, 1.807) is 6.07 Å². The maximum atomic E-state index is 13.6. The molecule has 1 atom stereocenters. The van der Waals surface area contributed by atoms with Crippen LogP contribution in [-0.2, 0) is 6.42 Å². The number of benzene rings is 1. The van der Waals surface area contributed by atoms with E-state index >= 15 is 0 Å². The van der Waals surface area contributed by atoms with Gasteiger partial charge in [-0.15, -0.1) is 12.4 Å². The molecule has 2 aliphatic heterocycles. The molecule has 110 valence electrons. The van der Waals surface area contributed by atoms with E-state index in [0.29, 0.717) is 18.9 Å². The third-order valence-electron chi connectivity index (χ3n) is 3.66. The topological polar surface area (TPSA) is 50.5 Å². The van der Waals surface area contributed by atoms with E-state index in [1.807, 2.05) is 12.3 Å². The van der Waals surface area contributed by atoms with Gasteiger partial charge in [0.2, 0.25) is 0 Å². The number of hydrogen-bond donors (Lipinski definition) is 2. The minimum Gasteiger partial charge on any atom is -0.488 e. The van der Waals surface area contributed by atoms with E-state index < -0.39 is 0 Å². The molecule has 0 spiro atoms. The Labute approximate surface area is 124 Å². The molecule has 1 aromatic rings. The summed E-state index contributed by atoms with van der Waals surface area (Å²) in [5, 5.41) is 3.22. The summed E-state index contributed by atoms with van der Waals surface area (Å²) in [5.74, 6) is 0.142. The van der Waals surface area contributed by atoms with Crippen LogP contribution < -0.4 is 15.8 Å². The number of fused-ring (bicyclic) bond motifs is 1. The van der Waals surface area contributed by atoms with Crippen molar-refractivity contribution in [3.63, 3.8) is 0 Å². The van der Waals surface area contributed by atoms with Crippen LogP contribution in [0.15, 0.2) is 30.1 Å². The standard InChI is InChI=1S/C14H18FN3O.ClH/c15-13-3-1-2-10-6-12(8-19-14(10)13)18-9-17-7-11(18)4-5-16;/h1-3,7,12,17H,4-6,8-9,16H2;1H/t12-;/m1./s1. The van der Waals surface area contributed by atoms with Crippen LogP contribution in [0.3, 0.4) is 0 Å². The van der Waals surface area contributed by atoms with Gasteiger partial charge in [0.1, 0.15) is 6.61 Å². The van der Waals surface area contributed by atoms with Gasteiger partial charge in [-0.05, 0) is 24.6 Å². The summed E-state index contributed by atoms with van der Waals surface area (Å²) in [6, 6.07) is 5.34. The molecule has 2 aliphatic rings. The van der Waals surface area contributed by atoms with E-state index in [4.69, 9.17) is 10.5 Å². The van der Waals surface area contributed by atoms with Crippen LogP contribution in [0.1, 0.15) is 12.0 Å². The Kier molecular flexibility index (Phi) is 4.73. The lowest BCUT2D eigenvalue weighted by molar-refractivity contribution is 0.147. The summed E-state index contributed by atoms with van der Waals surface area (Å²) in [6.07, 6.45) is 3.66. The van der Waals surface area contributed by atoms with Gasteiger partial charge in [-0.1, -0.05) is 12.1 Å². The van der Waals surface area contributed by atoms with Gasteiger partial charge in [-0.3, -0.25) is 0 Å². The molecule has 0 bridgehead atoms. The third-order valence-corrected chi connectivity index (χ3v) is 3.66. The maximum absolute atomic E-state index is 13.6. The summed E-state index contributed by atoms with van der Waals surface area (Å²) in [7, 11) is 0. The Morgan fingerprint density at radius 3 is 3.10 bits per heavy atom. The fraction of sp³-hybridized carbons (Fsp3) is 0.429. The van der Waals surface area contributed by atoms with E-state index in [9.17, 15) is 4.39 Å². The first-order valence-electron chi connectivity index (χ1n) is 6.59. The second-order valence-corrected chi connectivity index (χ2v) is 4.90. The molecular weight excluding hydrogens is 281 g/mol. The monoisotopic (exact) mass is 299 g/mol. The van der Waals surface area contributed by atoms with Crippen LogP contribution in [0.2, 0.25) is 0 Å². The van der Waals surface area contributed by atoms with Crippen molar-refractivity contribution in [2.75, 3.05) is 19.8 Å². The highest BCUT2D eigenvalue weighted by Crippen LogP contribution is 2.30. The third kappa shape index (κ3) is 2.69. The van der Waals surface area contributed by atoms with Crippen molar-refractivity contribution in [2.45, 2.75) is 18.9 Å². The van der Waals surface area contributed by atoms with Crippen molar-refractivity contribution < 1.29 is 9.13 Å². The molecule has 0 saturated carbocycles. The molecule has 0 unspecified atom stereocenters. The molecule has 0 aliphatic carbocycles. The summed E-state index contributed by atoms with van der Waals surface area (Å²) >= 11 is 0. The quantitative estimate of drug-likeness (QED) is 0.890. The average Bonchev–Trinajstić information content (AvgIpc) is 2.87. The Balaban J connectivity index is 0.00000147. The van der Waals surface area contributed by atoms with Crippen LogP contribution in [-0.4, -0.2) is 30.8 Å². The molecule has 3 N–H and O–H groups in total. The largest absolute Gasteiger partial charge is 0.488 e. The van der Waals surface area contributed by atoms with Crippen molar-refractivity contribution in [2.24, 2.45) is 5.73 Å². The SMILES string of the molecule is Cl.NCCC1=CNCN1[C@H]1COc2c(F)cccc2C1. The second-order valence-electron chi connectivity index (χ2n) is 4.90. The smallest absolute Gasteiger partial charge is 0.165 e. The van der Waals surface area contributed by atoms with Gasteiger partial charge in [0.15, 0.2) is 11.6 Å². The molecule has 1 aromatic carbocycles. The number of rotatable bonds is 3. The van der Waals surface area contributed by atoms with Crippen molar-refractivity contribution in [3.05, 3.63) is 41.5 Å². The summed E-state index contributed by atoms with van der Waals surface area (Å²) in [6.45, 7) is 1.91. The zero-order valence-corrected chi connectivity index (χ0v) is 12.0. The van der Waals surface area contributed by atoms with Crippen LogP contribution >= 0.6 is 12.4 Å². The lowest BCUT2D eigenvalue weighted by Gasteiger charge is -2.34. The zero-order valence-electron chi connectivity index (χ0n) is 11.1. The Morgan fingerprint density at radius 2 is 2.30 bits per heavy atom. The number of ether oxygens (including phenoxy) is 1. The first kappa shape index (κ1) is 14.9. The number of nitrogens with one attached hydrogen (secondary N) is 1. The van der Waals surface area contributed by atoms with Crippen molar-refractivity contribution in [1.29, 1.82) is 0 Å². The highest BCUT2D eigenvalue weighted by molar-refractivity contribution is 5.85. The van der Waals surface area contributed by atoms with Crippen molar-refractivity contribution in [1.82, 2.24) is 10.2 Å². The molecule has 0 aromatic heterocycles. The zero-order chi connectivity index (χ0) is 13.2. The Bertz CT molecular complexity index is 509. The molecule has 0 amide bonds. The molecule has 0 fully saturated rings. The van der Waals surface area contributed by atoms with Crippen LogP contribution in [0.5, 0.6) is 5.75 Å². The number of para-hydroxylation sites is 1. The summed E-state index contributed by atoms with van der Waals surface area (Å²) < 4.78 is 19.2. The molecular formula is C14H19ClFN3O. The van der Waals surface area contributed by atoms with E-state index in [0.717, 1.165) is 25.1 Å². The number of halogens is 2. The molecule has 4 nitrogen and oxygen atoms in total. The molecule has 2 heterocycles. The van der Waals surface area contributed by atoms with Gasteiger partial charge in [-0.2, -0.15) is 0 Å². The lowest BCUT2D eigenvalue weighted by atomic mass is 10.0. The second kappa shape index (κ2) is 6.33. The van der Waals surface area contributed by atoms with E-state index in [2.05, 4.69) is 10.2 Å². The Hall–Kier alpha value is -1.46. The highest BCUT2D eigenvalue weighted by atomic mass is 35.5. The fourth-order valence-corrected chi connectivity index (χ4v) is 2.74. The first-order valence-corrected chi connectivity index (χ1v) is 6.59. The lowest BCUT2D eigenvalue weighted by Crippen LogP contribution is -2.43. The van der Waals surface area contributed by atoms with Crippen LogP contribution in [0, 0.1) is 5.82 Å². The molecule has 6 heteroatoms. The summed E-state index contributed by atoms with van der Waals surface area (Å²) in [4.78, 5) is 2.26. The van der Waals surface area contributed by atoms with Gasteiger partial charge in [-0.25, -0.2) is 4.39 Å². The van der Waals surface area contributed by atoms with Gasteiger partial charge in [0, 0.05) is 18.3 Å².